The Morgan fingerprint density at radius 3 is 2.30 bits per heavy atom. The Balaban J connectivity index is 2.05. The van der Waals surface area contributed by atoms with Crippen LogP contribution < -0.4 is 4.74 Å². The maximum atomic E-state index is 12.5. The molecular formula is C14H20BrN3O4S. The standard InChI is InChI=1S/C14H20BrN3O4S/c1-16(2)23(20,21)18-8-6-17(7-9-18)14(19)11-4-5-13(22-3)12(15)10-11/h4-5,10H,6-9H2,1-3H3. The van der Waals surface area contributed by atoms with E-state index in [1.807, 2.05) is 0 Å². The zero-order valence-corrected chi connectivity index (χ0v) is 15.7. The molecule has 0 N–H and O–H groups in total. The normalized spacial score (nSPS) is 16.7. The first-order valence-corrected chi connectivity index (χ1v) is 9.26. The van der Waals surface area contributed by atoms with Crippen molar-refractivity contribution < 1.29 is 17.9 Å². The van der Waals surface area contributed by atoms with Crippen molar-refractivity contribution in [3.8, 4) is 5.75 Å². The van der Waals surface area contributed by atoms with Gasteiger partial charge in [0.1, 0.15) is 5.75 Å². The molecule has 2 rings (SSSR count). The number of halogens is 1. The topological polar surface area (TPSA) is 70.2 Å². The smallest absolute Gasteiger partial charge is 0.281 e. The minimum absolute atomic E-state index is 0.116. The molecule has 1 heterocycles. The number of ether oxygens (including phenoxy) is 1. The maximum Gasteiger partial charge on any atom is 0.281 e. The number of hydrogen-bond donors (Lipinski definition) is 0. The average Bonchev–Trinajstić information content (AvgIpc) is 2.54. The molecule has 1 aromatic rings. The summed E-state index contributed by atoms with van der Waals surface area (Å²) in [6, 6.07) is 5.14. The van der Waals surface area contributed by atoms with Crippen LogP contribution in [0.1, 0.15) is 10.4 Å². The van der Waals surface area contributed by atoms with Crippen molar-refractivity contribution in [1.29, 1.82) is 0 Å². The lowest BCUT2D eigenvalue weighted by Crippen LogP contribution is -2.53. The summed E-state index contributed by atoms with van der Waals surface area (Å²) in [5.74, 6) is 0.540. The van der Waals surface area contributed by atoms with Gasteiger partial charge in [0.25, 0.3) is 16.1 Å². The molecule has 9 heteroatoms. The van der Waals surface area contributed by atoms with E-state index in [1.54, 1.807) is 30.2 Å². The van der Waals surface area contributed by atoms with Crippen LogP contribution in [-0.4, -0.2) is 75.2 Å². The van der Waals surface area contributed by atoms with E-state index < -0.39 is 10.2 Å². The predicted molar refractivity (Wildman–Crippen MR) is 90.8 cm³/mol. The fourth-order valence-electron chi connectivity index (χ4n) is 2.33. The highest BCUT2D eigenvalue weighted by molar-refractivity contribution is 9.10. The summed E-state index contributed by atoms with van der Waals surface area (Å²) in [6.07, 6.45) is 0. The van der Waals surface area contributed by atoms with Crippen LogP contribution in [0.4, 0.5) is 0 Å². The molecule has 0 spiro atoms. The van der Waals surface area contributed by atoms with E-state index in [0.717, 1.165) is 0 Å². The molecular weight excluding hydrogens is 386 g/mol. The summed E-state index contributed by atoms with van der Waals surface area (Å²) in [4.78, 5) is 14.2. The first-order valence-electron chi connectivity index (χ1n) is 7.07. The lowest BCUT2D eigenvalue weighted by atomic mass is 10.2. The SMILES string of the molecule is COc1ccc(C(=O)N2CCN(S(=O)(=O)N(C)C)CC2)cc1Br. The van der Waals surface area contributed by atoms with Crippen LogP contribution in [0.2, 0.25) is 0 Å². The quantitative estimate of drug-likeness (QED) is 0.749. The maximum absolute atomic E-state index is 12.5. The lowest BCUT2D eigenvalue weighted by Gasteiger charge is -2.35. The van der Waals surface area contributed by atoms with E-state index in [9.17, 15) is 13.2 Å². The second-order valence-corrected chi connectivity index (χ2v) is 8.33. The van der Waals surface area contributed by atoms with Gasteiger partial charge >= 0.3 is 0 Å². The molecule has 128 valence electrons. The van der Waals surface area contributed by atoms with Crippen molar-refractivity contribution in [2.24, 2.45) is 0 Å². The average molecular weight is 406 g/mol. The number of carbonyl (C=O) groups excluding carboxylic acids is 1. The summed E-state index contributed by atoms with van der Waals surface area (Å²) in [5.41, 5.74) is 0.543. The Hall–Kier alpha value is -1.16. The summed E-state index contributed by atoms with van der Waals surface area (Å²) in [5, 5.41) is 0. The van der Waals surface area contributed by atoms with Gasteiger partial charge in [-0.2, -0.15) is 17.0 Å². The third kappa shape index (κ3) is 3.85. The minimum atomic E-state index is -3.42. The van der Waals surface area contributed by atoms with E-state index in [4.69, 9.17) is 4.74 Å². The second kappa shape index (κ2) is 7.16. The van der Waals surface area contributed by atoms with E-state index in [1.165, 1.54) is 22.7 Å². The molecule has 1 fully saturated rings. The van der Waals surface area contributed by atoms with Crippen LogP contribution in [-0.2, 0) is 10.2 Å². The largest absolute Gasteiger partial charge is 0.496 e. The zero-order chi connectivity index (χ0) is 17.2. The first kappa shape index (κ1) is 18.2. The van der Waals surface area contributed by atoms with Gasteiger partial charge in [-0.05, 0) is 34.1 Å². The number of methoxy groups -OCH3 is 1. The van der Waals surface area contributed by atoms with Gasteiger partial charge in [0.05, 0.1) is 11.6 Å². The molecule has 0 unspecified atom stereocenters. The molecule has 1 aromatic carbocycles. The number of hydrogen-bond acceptors (Lipinski definition) is 4. The number of amides is 1. The van der Waals surface area contributed by atoms with Crippen LogP contribution in [0.15, 0.2) is 22.7 Å². The van der Waals surface area contributed by atoms with Crippen molar-refractivity contribution in [2.75, 3.05) is 47.4 Å². The van der Waals surface area contributed by atoms with Gasteiger partial charge in [-0.25, -0.2) is 0 Å². The zero-order valence-electron chi connectivity index (χ0n) is 13.3. The Kier molecular flexibility index (Phi) is 5.66. The highest BCUT2D eigenvalue weighted by Crippen LogP contribution is 2.26. The number of carbonyl (C=O) groups is 1. The third-order valence-corrected chi connectivity index (χ3v) is 6.27. The number of nitrogens with zero attached hydrogens (tertiary/aromatic N) is 3. The molecule has 0 atom stereocenters. The molecule has 0 radical (unpaired) electrons. The van der Waals surface area contributed by atoms with Crippen LogP contribution in [0.5, 0.6) is 5.75 Å². The fraction of sp³-hybridized carbons (Fsp3) is 0.500. The van der Waals surface area contributed by atoms with E-state index in [-0.39, 0.29) is 5.91 Å². The number of benzene rings is 1. The molecule has 1 amide bonds. The molecule has 1 aliphatic heterocycles. The summed E-state index contributed by atoms with van der Waals surface area (Å²) >= 11 is 3.36. The highest BCUT2D eigenvalue weighted by atomic mass is 79.9. The van der Waals surface area contributed by atoms with E-state index in [2.05, 4.69) is 15.9 Å². The van der Waals surface area contributed by atoms with Crippen molar-refractivity contribution in [2.45, 2.75) is 0 Å². The molecule has 0 saturated carbocycles. The molecule has 0 aliphatic carbocycles. The Bertz CT molecular complexity index is 685. The van der Waals surface area contributed by atoms with Gasteiger partial charge in [-0.1, -0.05) is 0 Å². The molecule has 0 aromatic heterocycles. The van der Waals surface area contributed by atoms with Crippen LogP contribution >= 0.6 is 15.9 Å². The van der Waals surface area contributed by atoms with Gasteiger partial charge < -0.3 is 9.64 Å². The highest BCUT2D eigenvalue weighted by Gasteiger charge is 2.30. The van der Waals surface area contributed by atoms with Gasteiger partial charge in [0.2, 0.25) is 0 Å². The summed E-state index contributed by atoms with van der Waals surface area (Å²) in [7, 11) is 1.14. The Labute approximate surface area is 145 Å². The van der Waals surface area contributed by atoms with Crippen molar-refractivity contribution in [3.63, 3.8) is 0 Å². The minimum Gasteiger partial charge on any atom is -0.496 e. The van der Waals surface area contributed by atoms with E-state index in [0.29, 0.717) is 42.0 Å². The molecule has 1 aliphatic rings. The van der Waals surface area contributed by atoms with Crippen LogP contribution in [0, 0.1) is 0 Å². The van der Waals surface area contributed by atoms with Gasteiger partial charge in [-0.15, -0.1) is 0 Å². The summed E-state index contributed by atoms with van der Waals surface area (Å²) in [6.45, 7) is 1.33. The van der Waals surface area contributed by atoms with Crippen molar-refractivity contribution >= 4 is 32.0 Å². The molecule has 1 saturated heterocycles. The second-order valence-electron chi connectivity index (χ2n) is 5.33. The molecule has 0 bridgehead atoms. The third-order valence-electron chi connectivity index (χ3n) is 3.71. The van der Waals surface area contributed by atoms with E-state index >= 15 is 0 Å². The fourth-order valence-corrected chi connectivity index (χ4v) is 3.96. The van der Waals surface area contributed by atoms with Crippen molar-refractivity contribution in [1.82, 2.24) is 13.5 Å². The monoisotopic (exact) mass is 405 g/mol. The van der Waals surface area contributed by atoms with Gasteiger partial charge in [-0.3, -0.25) is 4.79 Å². The van der Waals surface area contributed by atoms with Gasteiger partial charge in [0, 0.05) is 45.8 Å². The Morgan fingerprint density at radius 2 is 1.83 bits per heavy atom. The summed E-state index contributed by atoms with van der Waals surface area (Å²) < 4.78 is 32.6. The number of piperazine rings is 1. The molecule has 7 nitrogen and oxygen atoms in total. The van der Waals surface area contributed by atoms with Gasteiger partial charge in [0.15, 0.2) is 0 Å². The lowest BCUT2D eigenvalue weighted by molar-refractivity contribution is 0.0695. The van der Waals surface area contributed by atoms with Crippen LogP contribution in [0.25, 0.3) is 0 Å². The van der Waals surface area contributed by atoms with Crippen molar-refractivity contribution in [3.05, 3.63) is 28.2 Å². The van der Waals surface area contributed by atoms with Crippen LogP contribution in [0.3, 0.4) is 0 Å². The molecule has 23 heavy (non-hydrogen) atoms. The first-order chi connectivity index (χ1) is 10.8. The predicted octanol–water partition coefficient (Wildman–Crippen LogP) is 1.02. The Morgan fingerprint density at radius 1 is 1.22 bits per heavy atom. The number of rotatable bonds is 4.